The normalized spacial score (nSPS) is 18.4. The topological polar surface area (TPSA) is 88.0 Å². The first kappa shape index (κ1) is 34.8. The number of alkyl halides is 3. The van der Waals surface area contributed by atoms with Gasteiger partial charge in [-0.25, -0.2) is 8.42 Å². The molecule has 2 saturated heterocycles. The van der Waals surface area contributed by atoms with Gasteiger partial charge in [-0.1, -0.05) is 24.3 Å². The van der Waals surface area contributed by atoms with Gasteiger partial charge in [0, 0.05) is 85.6 Å². The van der Waals surface area contributed by atoms with Gasteiger partial charge in [0.25, 0.3) is 0 Å². The third-order valence-corrected chi connectivity index (χ3v) is 11.7. The maximum Gasteiger partial charge on any atom is 0.417 e. The number of fused-ring (bicyclic) bond motifs is 1. The van der Waals surface area contributed by atoms with Crippen LogP contribution in [-0.2, 0) is 40.5 Å². The number of benzene rings is 2. The number of thioether (sulfide) groups is 1. The molecule has 3 aliphatic rings. The Morgan fingerprint density at radius 3 is 2.46 bits per heavy atom. The molecule has 260 valence electrons. The summed E-state index contributed by atoms with van der Waals surface area (Å²) in [4.78, 5) is 16.7. The number of rotatable bonds is 12. The van der Waals surface area contributed by atoms with E-state index in [9.17, 15) is 26.4 Å². The van der Waals surface area contributed by atoms with Crippen LogP contribution >= 0.6 is 11.8 Å². The van der Waals surface area contributed by atoms with E-state index in [0.717, 1.165) is 80.9 Å². The van der Waals surface area contributed by atoms with Crippen molar-refractivity contribution in [3.05, 3.63) is 65.4 Å². The van der Waals surface area contributed by atoms with Crippen LogP contribution in [0.15, 0.2) is 53.4 Å². The number of aromatic nitrogens is 2. The van der Waals surface area contributed by atoms with E-state index in [0.29, 0.717) is 54.7 Å². The van der Waals surface area contributed by atoms with Crippen molar-refractivity contribution in [1.29, 1.82) is 0 Å². The Hall–Kier alpha value is -3.07. The number of likely N-dealkylation sites (tertiary alicyclic amines) is 2. The van der Waals surface area contributed by atoms with Gasteiger partial charge in [0.1, 0.15) is 5.75 Å². The molecule has 0 N–H and O–H groups in total. The molecule has 0 atom stereocenters. The molecular weight excluding hydrogens is 664 g/mol. The van der Waals surface area contributed by atoms with Gasteiger partial charge in [-0.05, 0) is 56.5 Å². The lowest BCUT2D eigenvalue weighted by atomic mass is 10.0. The summed E-state index contributed by atoms with van der Waals surface area (Å²) in [5.74, 6) is 1.23. The Labute approximate surface area is 284 Å². The standard InChI is InChI=1S/C34H42F3N5O4S2/c1-48(44,45)40-20-14-30-28(24-40)33(38-42(30)17-6-15-39-18-12-26(13-19-39)41-16-5-9-32(41)43)25-10-11-29(34(35,36)37)31(23-25)47-22-21-46-27-7-3-2-4-8-27/h2-4,7-8,10-11,23,26H,5-6,9,12-22,24H2,1H3. The Kier molecular flexibility index (Phi) is 10.7. The number of aryl methyl sites for hydroxylation is 1. The van der Waals surface area contributed by atoms with E-state index < -0.39 is 21.8 Å². The Morgan fingerprint density at radius 1 is 1.00 bits per heavy atom. The number of ether oxygens (including phenoxy) is 1. The lowest BCUT2D eigenvalue weighted by molar-refractivity contribution is -0.139. The van der Waals surface area contributed by atoms with Gasteiger partial charge in [-0.3, -0.25) is 9.48 Å². The van der Waals surface area contributed by atoms with Crippen LogP contribution in [0.2, 0.25) is 0 Å². The van der Waals surface area contributed by atoms with Crippen molar-refractivity contribution in [3.8, 4) is 17.0 Å². The summed E-state index contributed by atoms with van der Waals surface area (Å²) in [7, 11) is -3.48. The first-order chi connectivity index (χ1) is 23.0. The van der Waals surface area contributed by atoms with Crippen molar-refractivity contribution in [2.24, 2.45) is 0 Å². The number of sulfonamides is 1. The average Bonchev–Trinajstić information content (AvgIpc) is 3.66. The summed E-state index contributed by atoms with van der Waals surface area (Å²) < 4.78 is 76.3. The third-order valence-electron chi connectivity index (χ3n) is 9.43. The molecule has 0 bridgehead atoms. The molecule has 0 spiro atoms. The van der Waals surface area contributed by atoms with Crippen molar-refractivity contribution in [1.82, 2.24) is 23.9 Å². The number of halogens is 3. The zero-order valence-electron chi connectivity index (χ0n) is 27.1. The number of hydrogen-bond acceptors (Lipinski definition) is 7. The molecule has 1 amide bonds. The molecule has 14 heteroatoms. The zero-order chi connectivity index (χ0) is 33.9. The number of carbonyl (C=O) groups is 1. The van der Waals surface area contributed by atoms with Gasteiger partial charge in [0.15, 0.2) is 0 Å². The Morgan fingerprint density at radius 2 is 1.77 bits per heavy atom. The van der Waals surface area contributed by atoms with Crippen LogP contribution in [0.5, 0.6) is 5.75 Å². The van der Waals surface area contributed by atoms with Crippen LogP contribution in [0.25, 0.3) is 11.3 Å². The number of para-hydroxylation sites is 1. The fourth-order valence-electron chi connectivity index (χ4n) is 6.97. The second-order valence-electron chi connectivity index (χ2n) is 12.7. The molecule has 2 aromatic carbocycles. The van der Waals surface area contributed by atoms with Crippen LogP contribution in [0.3, 0.4) is 0 Å². The number of nitrogens with zero attached hydrogens (tertiary/aromatic N) is 5. The fraction of sp³-hybridized carbons (Fsp3) is 0.529. The van der Waals surface area contributed by atoms with Crippen LogP contribution in [0.4, 0.5) is 13.2 Å². The molecule has 0 unspecified atom stereocenters. The summed E-state index contributed by atoms with van der Waals surface area (Å²) in [6.07, 6.45) is 1.50. The van der Waals surface area contributed by atoms with Crippen molar-refractivity contribution in [2.45, 2.75) is 68.7 Å². The molecule has 2 fully saturated rings. The number of amides is 1. The minimum absolute atomic E-state index is 0.0785. The number of piperidine rings is 1. The highest BCUT2D eigenvalue weighted by atomic mass is 32.2. The predicted molar refractivity (Wildman–Crippen MR) is 179 cm³/mol. The smallest absolute Gasteiger partial charge is 0.417 e. The molecule has 0 aliphatic carbocycles. The van der Waals surface area contributed by atoms with Crippen molar-refractivity contribution in [2.75, 3.05) is 51.3 Å². The lowest BCUT2D eigenvalue weighted by Crippen LogP contribution is -2.45. The van der Waals surface area contributed by atoms with Gasteiger partial charge in [-0.2, -0.15) is 22.6 Å². The molecule has 3 aromatic rings. The molecule has 48 heavy (non-hydrogen) atoms. The summed E-state index contributed by atoms with van der Waals surface area (Å²) in [6.45, 7) is 4.91. The fourth-order valence-corrected chi connectivity index (χ4v) is 8.69. The van der Waals surface area contributed by atoms with Crippen molar-refractivity contribution >= 4 is 27.7 Å². The average molecular weight is 706 g/mol. The van der Waals surface area contributed by atoms with E-state index in [1.807, 2.05) is 22.9 Å². The summed E-state index contributed by atoms with van der Waals surface area (Å²) in [5, 5.41) is 4.92. The Bertz CT molecular complexity index is 1690. The minimum Gasteiger partial charge on any atom is -0.493 e. The highest BCUT2D eigenvalue weighted by Crippen LogP contribution is 2.40. The van der Waals surface area contributed by atoms with Gasteiger partial charge >= 0.3 is 6.18 Å². The van der Waals surface area contributed by atoms with E-state index in [1.54, 1.807) is 12.1 Å². The van der Waals surface area contributed by atoms with Crippen LogP contribution < -0.4 is 4.74 Å². The van der Waals surface area contributed by atoms with Crippen molar-refractivity contribution in [3.63, 3.8) is 0 Å². The molecular formula is C34H42F3N5O4S2. The van der Waals surface area contributed by atoms with Crippen molar-refractivity contribution < 1.29 is 31.1 Å². The summed E-state index contributed by atoms with van der Waals surface area (Å²) in [6, 6.07) is 13.5. The molecule has 9 nitrogen and oxygen atoms in total. The zero-order valence-corrected chi connectivity index (χ0v) is 28.8. The second-order valence-corrected chi connectivity index (χ2v) is 15.8. The minimum atomic E-state index is -4.54. The SMILES string of the molecule is CS(=O)(=O)N1CCc2c(c(-c3ccc(C(F)(F)F)c(SCCOc4ccccc4)c3)nn2CCCN2CCC(N3CCCC3=O)CC2)C1. The first-order valence-electron chi connectivity index (χ1n) is 16.5. The monoisotopic (exact) mass is 705 g/mol. The van der Waals surface area contributed by atoms with E-state index in [1.165, 1.54) is 22.7 Å². The molecule has 1 aromatic heterocycles. The van der Waals surface area contributed by atoms with E-state index >= 15 is 0 Å². The van der Waals surface area contributed by atoms with E-state index in [-0.39, 0.29) is 24.0 Å². The third kappa shape index (κ3) is 8.20. The summed E-state index contributed by atoms with van der Waals surface area (Å²) >= 11 is 1.08. The van der Waals surface area contributed by atoms with Gasteiger partial charge in [0.2, 0.25) is 15.9 Å². The molecule has 0 saturated carbocycles. The molecule has 3 aliphatic heterocycles. The van der Waals surface area contributed by atoms with Gasteiger partial charge in [0.05, 0.1) is 24.1 Å². The van der Waals surface area contributed by atoms with Crippen LogP contribution in [-0.4, -0.2) is 95.6 Å². The lowest BCUT2D eigenvalue weighted by Gasteiger charge is -2.36. The predicted octanol–water partition coefficient (Wildman–Crippen LogP) is 5.53. The van der Waals surface area contributed by atoms with E-state index in [2.05, 4.69) is 9.80 Å². The highest BCUT2D eigenvalue weighted by molar-refractivity contribution is 7.99. The number of hydrogen-bond donors (Lipinski definition) is 0. The first-order valence-corrected chi connectivity index (χ1v) is 19.4. The van der Waals surface area contributed by atoms with Crippen LogP contribution in [0, 0.1) is 0 Å². The Balaban J connectivity index is 1.18. The van der Waals surface area contributed by atoms with Crippen LogP contribution in [0.1, 0.15) is 48.9 Å². The number of carbonyl (C=O) groups excluding carboxylic acids is 1. The highest BCUT2D eigenvalue weighted by Gasteiger charge is 2.35. The maximum atomic E-state index is 14.1. The molecule has 6 rings (SSSR count). The quantitative estimate of drug-likeness (QED) is 0.181. The van der Waals surface area contributed by atoms with Gasteiger partial charge in [-0.15, -0.1) is 11.8 Å². The maximum absolute atomic E-state index is 14.1. The second kappa shape index (κ2) is 14.8. The largest absolute Gasteiger partial charge is 0.493 e. The molecule has 4 heterocycles. The van der Waals surface area contributed by atoms with Gasteiger partial charge < -0.3 is 14.5 Å². The van der Waals surface area contributed by atoms with E-state index in [4.69, 9.17) is 9.84 Å². The summed E-state index contributed by atoms with van der Waals surface area (Å²) in [5.41, 5.74) is 2.00. The molecule has 0 radical (unpaired) electrons.